The number of amidine groups is 1. The Morgan fingerprint density at radius 2 is 1.97 bits per heavy atom. The minimum absolute atomic E-state index is 0.0991. The number of carbonyl (C=O) groups excluding carboxylic acids is 2. The molecule has 0 saturated carbocycles. The molecular formula is C25H34N4O5S. The van der Waals surface area contributed by atoms with E-state index in [1.165, 1.54) is 11.8 Å². The SMILES string of the molecule is COc1ccc([C@H]2C(C(=O)OC(C)C)=C(C)N=C3SC=C(CC(=O)NCCN(C)C)N32)c(OC)c1. The van der Waals surface area contributed by atoms with E-state index in [4.69, 9.17) is 19.2 Å². The summed E-state index contributed by atoms with van der Waals surface area (Å²) in [7, 11) is 7.07. The van der Waals surface area contributed by atoms with Crippen LogP contribution in [0.25, 0.3) is 0 Å². The number of amides is 1. The van der Waals surface area contributed by atoms with Gasteiger partial charge in [0.1, 0.15) is 11.5 Å². The number of thioether (sulfide) groups is 1. The molecule has 190 valence electrons. The number of fused-ring (bicyclic) bond motifs is 1. The van der Waals surface area contributed by atoms with Crippen molar-refractivity contribution in [3.05, 3.63) is 46.1 Å². The van der Waals surface area contributed by atoms with Gasteiger partial charge < -0.3 is 29.3 Å². The zero-order valence-corrected chi connectivity index (χ0v) is 22.2. The number of esters is 1. The summed E-state index contributed by atoms with van der Waals surface area (Å²) in [4.78, 5) is 34.7. The Bertz CT molecular complexity index is 1060. The lowest BCUT2D eigenvalue weighted by Gasteiger charge is -2.37. The highest BCUT2D eigenvalue weighted by molar-refractivity contribution is 8.16. The number of rotatable bonds is 10. The van der Waals surface area contributed by atoms with E-state index in [0.717, 1.165) is 17.8 Å². The normalized spacial score (nSPS) is 17.3. The fraction of sp³-hybridized carbons (Fsp3) is 0.480. The van der Waals surface area contributed by atoms with Crippen LogP contribution in [0.3, 0.4) is 0 Å². The fourth-order valence-corrected chi connectivity index (χ4v) is 4.86. The van der Waals surface area contributed by atoms with Crippen LogP contribution < -0.4 is 14.8 Å². The van der Waals surface area contributed by atoms with Gasteiger partial charge in [0.2, 0.25) is 5.91 Å². The van der Waals surface area contributed by atoms with E-state index in [9.17, 15) is 9.59 Å². The van der Waals surface area contributed by atoms with Gasteiger partial charge in [-0.15, -0.1) is 0 Å². The monoisotopic (exact) mass is 502 g/mol. The van der Waals surface area contributed by atoms with Crippen LogP contribution >= 0.6 is 11.8 Å². The minimum atomic E-state index is -0.578. The predicted molar refractivity (Wildman–Crippen MR) is 137 cm³/mol. The maximum absolute atomic E-state index is 13.3. The van der Waals surface area contributed by atoms with Crippen molar-refractivity contribution >= 4 is 28.8 Å². The van der Waals surface area contributed by atoms with Crippen LogP contribution in [0.1, 0.15) is 38.8 Å². The van der Waals surface area contributed by atoms with E-state index in [0.29, 0.717) is 34.5 Å². The predicted octanol–water partition coefficient (Wildman–Crippen LogP) is 3.30. The van der Waals surface area contributed by atoms with E-state index >= 15 is 0 Å². The Hall–Kier alpha value is -2.98. The van der Waals surface area contributed by atoms with E-state index in [1.54, 1.807) is 27.2 Å². The molecule has 1 aromatic rings. The third-order valence-electron chi connectivity index (χ3n) is 5.52. The van der Waals surface area contributed by atoms with Gasteiger partial charge in [-0.1, -0.05) is 11.8 Å². The number of carbonyl (C=O) groups is 2. The van der Waals surface area contributed by atoms with Gasteiger partial charge in [-0.2, -0.15) is 0 Å². The Labute approximate surface area is 211 Å². The smallest absolute Gasteiger partial charge is 0.338 e. The fourth-order valence-electron chi connectivity index (χ4n) is 3.89. The molecule has 0 aliphatic carbocycles. The lowest BCUT2D eigenvalue weighted by molar-refractivity contribution is -0.143. The highest BCUT2D eigenvalue weighted by Gasteiger charge is 2.42. The zero-order valence-electron chi connectivity index (χ0n) is 21.4. The first-order chi connectivity index (χ1) is 16.7. The van der Waals surface area contributed by atoms with Crippen LogP contribution in [-0.4, -0.2) is 74.4 Å². The second-order valence-electron chi connectivity index (χ2n) is 8.78. The van der Waals surface area contributed by atoms with Gasteiger partial charge in [0.05, 0.1) is 44.1 Å². The number of benzene rings is 1. The molecule has 0 fully saturated rings. The average molecular weight is 503 g/mol. The van der Waals surface area contributed by atoms with E-state index < -0.39 is 12.0 Å². The molecule has 10 heteroatoms. The molecule has 2 heterocycles. The molecule has 0 aromatic heterocycles. The molecule has 2 aliphatic heterocycles. The number of allylic oxidation sites excluding steroid dienone is 1. The van der Waals surface area contributed by atoms with Crippen LogP contribution in [0.15, 0.2) is 45.6 Å². The van der Waals surface area contributed by atoms with Crippen LogP contribution in [0.2, 0.25) is 0 Å². The number of nitrogens with zero attached hydrogens (tertiary/aromatic N) is 3. The maximum atomic E-state index is 13.3. The Kier molecular flexibility index (Phi) is 8.85. The first kappa shape index (κ1) is 26.6. The van der Waals surface area contributed by atoms with Crippen LogP contribution in [0.5, 0.6) is 11.5 Å². The summed E-state index contributed by atoms with van der Waals surface area (Å²) in [5.41, 5.74) is 2.48. The quantitative estimate of drug-likeness (QED) is 0.487. The van der Waals surface area contributed by atoms with Crippen molar-refractivity contribution in [1.29, 1.82) is 0 Å². The van der Waals surface area contributed by atoms with Gasteiger partial charge in [0, 0.05) is 30.4 Å². The summed E-state index contributed by atoms with van der Waals surface area (Å²) in [6.07, 6.45) is -0.142. The Balaban J connectivity index is 2.02. The van der Waals surface area contributed by atoms with Gasteiger partial charge in [-0.05, 0) is 52.4 Å². The lowest BCUT2D eigenvalue weighted by atomic mass is 9.93. The molecule has 0 unspecified atom stereocenters. The highest BCUT2D eigenvalue weighted by Crippen LogP contribution is 2.47. The molecular weight excluding hydrogens is 468 g/mol. The molecule has 3 rings (SSSR count). The molecule has 0 radical (unpaired) electrons. The molecule has 2 aliphatic rings. The van der Waals surface area contributed by atoms with E-state index in [-0.39, 0.29) is 18.4 Å². The summed E-state index contributed by atoms with van der Waals surface area (Å²) < 4.78 is 16.7. The third kappa shape index (κ3) is 6.18. The molecule has 0 bridgehead atoms. The Morgan fingerprint density at radius 1 is 1.23 bits per heavy atom. The molecule has 0 saturated heterocycles. The largest absolute Gasteiger partial charge is 0.497 e. The van der Waals surface area contributed by atoms with Crippen molar-refractivity contribution in [1.82, 2.24) is 15.1 Å². The highest BCUT2D eigenvalue weighted by atomic mass is 32.2. The number of hydrogen-bond donors (Lipinski definition) is 1. The summed E-state index contributed by atoms with van der Waals surface area (Å²) >= 11 is 1.43. The summed E-state index contributed by atoms with van der Waals surface area (Å²) in [5, 5.41) is 5.57. The van der Waals surface area contributed by atoms with Crippen molar-refractivity contribution in [3.8, 4) is 11.5 Å². The van der Waals surface area contributed by atoms with Crippen LogP contribution in [-0.2, 0) is 14.3 Å². The first-order valence-electron chi connectivity index (χ1n) is 11.4. The van der Waals surface area contributed by atoms with Crippen molar-refractivity contribution < 1.29 is 23.8 Å². The van der Waals surface area contributed by atoms with Crippen molar-refractivity contribution in [2.45, 2.75) is 39.3 Å². The third-order valence-corrected chi connectivity index (χ3v) is 6.41. The molecule has 0 spiro atoms. The number of methoxy groups -OCH3 is 2. The molecule has 9 nitrogen and oxygen atoms in total. The molecule has 1 amide bonds. The molecule has 35 heavy (non-hydrogen) atoms. The number of nitrogens with one attached hydrogen (secondary N) is 1. The zero-order chi connectivity index (χ0) is 25.7. The Morgan fingerprint density at radius 3 is 2.60 bits per heavy atom. The van der Waals surface area contributed by atoms with Crippen molar-refractivity contribution in [2.24, 2.45) is 4.99 Å². The van der Waals surface area contributed by atoms with Gasteiger partial charge in [-0.25, -0.2) is 9.79 Å². The van der Waals surface area contributed by atoms with E-state index in [2.05, 4.69) is 5.32 Å². The molecule has 1 atom stereocenters. The first-order valence-corrected chi connectivity index (χ1v) is 12.3. The number of hydrogen-bond acceptors (Lipinski definition) is 9. The topological polar surface area (TPSA) is 92.7 Å². The summed E-state index contributed by atoms with van der Waals surface area (Å²) in [6.45, 7) is 6.71. The van der Waals surface area contributed by atoms with Gasteiger partial charge in [0.25, 0.3) is 0 Å². The van der Waals surface area contributed by atoms with Crippen molar-refractivity contribution in [2.75, 3.05) is 41.4 Å². The summed E-state index contributed by atoms with van der Waals surface area (Å²) in [6, 6.07) is 4.90. The van der Waals surface area contributed by atoms with Crippen molar-refractivity contribution in [3.63, 3.8) is 0 Å². The maximum Gasteiger partial charge on any atom is 0.338 e. The van der Waals surface area contributed by atoms with E-state index in [1.807, 2.05) is 55.3 Å². The number of aliphatic imine (C=N–C) groups is 1. The molecule has 1 aromatic carbocycles. The lowest BCUT2D eigenvalue weighted by Crippen LogP contribution is -2.39. The average Bonchev–Trinajstić information content (AvgIpc) is 3.18. The van der Waals surface area contributed by atoms with Crippen LogP contribution in [0, 0.1) is 0 Å². The second-order valence-corrected chi connectivity index (χ2v) is 9.62. The van der Waals surface area contributed by atoms with Crippen LogP contribution in [0.4, 0.5) is 0 Å². The minimum Gasteiger partial charge on any atom is -0.497 e. The standard InChI is InChI=1S/C25H34N4O5S/c1-15(2)34-24(31)22-16(3)27-25-29(17(14-35-25)12-21(30)26-10-11-28(4)5)23(22)19-9-8-18(32-6)13-20(19)33-7/h8-9,13-15,23H,10-12H2,1-7H3,(H,26,30)/t23-/m0/s1. The number of ether oxygens (including phenoxy) is 3. The van der Waals surface area contributed by atoms with Gasteiger partial charge in [0.15, 0.2) is 5.17 Å². The second kappa shape index (κ2) is 11.6. The summed E-state index contributed by atoms with van der Waals surface area (Å²) in [5.74, 6) is 0.645. The molecule has 1 N–H and O–H groups in total. The van der Waals surface area contributed by atoms with Gasteiger partial charge in [-0.3, -0.25) is 4.79 Å². The van der Waals surface area contributed by atoms with Gasteiger partial charge >= 0.3 is 5.97 Å². The number of likely N-dealkylation sites (N-methyl/N-ethyl adjacent to an activating group) is 1.